The molecule has 0 radical (unpaired) electrons. The van der Waals surface area contributed by atoms with E-state index in [-0.39, 0.29) is 6.07 Å². The van der Waals surface area contributed by atoms with Crippen molar-refractivity contribution in [2.45, 2.75) is 19.1 Å². The molecular formula is C9H5ClF6N2O2. The number of halogens is 7. The van der Waals surface area contributed by atoms with Gasteiger partial charge in [0.1, 0.15) is 5.69 Å². The quantitative estimate of drug-likeness (QED) is 0.686. The largest absolute Gasteiger partial charge is 0.573 e. The first kappa shape index (κ1) is 16.5. The van der Waals surface area contributed by atoms with E-state index < -0.39 is 47.0 Å². The van der Waals surface area contributed by atoms with E-state index in [1.54, 1.807) is 0 Å². The van der Waals surface area contributed by atoms with Crippen LogP contribution in [0.5, 0.6) is 5.75 Å². The van der Waals surface area contributed by atoms with Crippen LogP contribution in [-0.2, 0) is 12.7 Å². The summed E-state index contributed by atoms with van der Waals surface area (Å²) in [5, 5.41) is -1.56. The van der Waals surface area contributed by atoms with Crippen molar-refractivity contribution in [1.82, 2.24) is 4.98 Å². The highest BCUT2D eigenvalue weighted by Crippen LogP contribution is 2.35. The lowest BCUT2D eigenvalue weighted by Gasteiger charge is -2.16. The minimum absolute atomic E-state index is 0.0650. The fraction of sp³-hybridized carbons (Fsp3) is 0.333. The van der Waals surface area contributed by atoms with Gasteiger partial charge in [0.05, 0.1) is 11.3 Å². The van der Waals surface area contributed by atoms with Crippen LogP contribution >= 0.6 is 11.6 Å². The van der Waals surface area contributed by atoms with E-state index in [0.717, 1.165) is 0 Å². The van der Waals surface area contributed by atoms with Gasteiger partial charge in [-0.3, -0.25) is 4.79 Å². The number of hydrogen-bond donors (Lipinski definition) is 1. The summed E-state index contributed by atoms with van der Waals surface area (Å²) in [6.45, 7) is -0.813. The molecule has 0 saturated carbocycles. The summed E-state index contributed by atoms with van der Waals surface area (Å²) >= 11 is 4.97. The number of pyridine rings is 1. The number of carbonyl (C=O) groups is 1. The molecule has 2 N–H and O–H groups in total. The molecule has 4 nitrogen and oxygen atoms in total. The van der Waals surface area contributed by atoms with Crippen LogP contribution in [-0.4, -0.2) is 16.6 Å². The van der Waals surface area contributed by atoms with Gasteiger partial charge in [-0.05, 0) is 17.7 Å². The Balaban J connectivity index is 3.53. The van der Waals surface area contributed by atoms with Crippen molar-refractivity contribution in [2.75, 3.05) is 0 Å². The van der Waals surface area contributed by atoms with Crippen molar-refractivity contribution in [3.8, 4) is 5.75 Å². The monoisotopic (exact) mass is 322 g/mol. The number of hydrogen-bond acceptors (Lipinski definition) is 4. The molecule has 0 aliphatic heterocycles. The minimum atomic E-state index is -5.24. The average Bonchev–Trinajstić information content (AvgIpc) is 2.25. The van der Waals surface area contributed by atoms with E-state index >= 15 is 0 Å². The number of ether oxygens (including phenoxy) is 1. The Morgan fingerprint density at radius 2 is 1.85 bits per heavy atom. The molecule has 0 fully saturated rings. The SMILES string of the molecule is NCc1nc(C(F)(F)F)cc(C(=O)Cl)c1OC(F)(F)F. The molecule has 0 saturated heterocycles. The van der Waals surface area contributed by atoms with Crippen molar-refractivity contribution >= 4 is 16.8 Å². The zero-order valence-electron chi connectivity index (χ0n) is 9.27. The summed E-state index contributed by atoms with van der Waals surface area (Å²) in [5.74, 6) is -1.24. The Kier molecular flexibility index (Phi) is 4.49. The second kappa shape index (κ2) is 5.44. The summed E-state index contributed by atoms with van der Waals surface area (Å²) in [5.41, 5.74) is 1.41. The molecular weight excluding hydrogens is 318 g/mol. The third-order valence-electron chi connectivity index (χ3n) is 1.96. The predicted octanol–water partition coefficient (Wildman–Crippen LogP) is 2.84. The number of nitrogens with zero attached hydrogens (tertiary/aromatic N) is 1. The second-order valence-electron chi connectivity index (χ2n) is 3.35. The minimum Gasteiger partial charge on any atom is -0.403 e. The number of nitrogens with two attached hydrogens (primary N) is 1. The van der Waals surface area contributed by atoms with Crippen LogP contribution < -0.4 is 10.5 Å². The molecule has 20 heavy (non-hydrogen) atoms. The molecule has 0 atom stereocenters. The lowest BCUT2D eigenvalue weighted by atomic mass is 10.1. The van der Waals surface area contributed by atoms with E-state index in [1.165, 1.54) is 0 Å². The molecule has 112 valence electrons. The zero-order chi connectivity index (χ0) is 15.7. The first-order valence-corrected chi connectivity index (χ1v) is 5.10. The van der Waals surface area contributed by atoms with Gasteiger partial charge < -0.3 is 10.5 Å². The van der Waals surface area contributed by atoms with Crippen molar-refractivity contribution in [3.63, 3.8) is 0 Å². The van der Waals surface area contributed by atoms with Gasteiger partial charge in [-0.15, -0.1) is 13.2 Å². The smallest absolute Gasteiger partial charge is 0.403 e. The summed E-state index contributed by atoms with van der Waals surface area (Å²) in [4.78, 5) is 13.9. The van der Waals surface area contributed by atoms with Gasteiger partial charge in [-0.2, -0.15) is 13.2 Å². The van der Waals surface area contributed by atoms with Crippen molar-refractivity contribution in [1.29, 1.82) is 0 Å². The van der Waals surface area contributed by atoms with E-state index in [2.05, 4.69) is 9.72 Å². The molecule has 11 heteroatoms. The third-order valence-corrected chi connectivity index (χ3v) is 2.16. The number of aromatic nitrogens is 1. The number of rotatable bonds is 3. The fourth-order valence-electron chi connectivity index (χ4n) is 1.25. The van der Waals surface area contributed by atoms with Crippen LogP contribution in [0, 0.1) is 0 Å². The van der Waals surface area contributed by atoms with Crippen molar-refractivity contribution < 1.29 is 35.9 Å². The average molecular weight is 323 g/mol. The first-order chi connectivity index (χ1) is 8.95. The van der Waals surface area contributed by atoms with Crippen LogP contribution in [0.15, 0.2) is 6.07 Å². The predicted molar refractivity (Wildman–Crippen MR) is 54.0 cm³/mol. The van der Waals surface area contributed by atoms with Gasteiger partial charge in [-0.1, -0.05) is 0 Å². The molecule has 0 bridgehead atoms. The van der Waals surface area contributed by atoms with E-state index in [0.29, 0.717) is 0 Å². The molecule has 1 aromatic rings. The Morgan fingerprint density at radius 3 is 2.20 bits per heavy atom. The molecule has 1 rings (SSSR count). The van der Waals surface area contributed by atoms with Crippen molar-refractivity contribution in [3.05, 3.63) is 23.0 Å². The standard InChI is InChI=1S/C9H5ClF6N2O2/c10-7(19)3-1-5(8(11,12)13)18-4(2-17)6(3)20-9(14,15)16/h1H,2,17H2. The molecule has 0 unspecified atom stereocenters. The Bertz CT molecular complexity index is 528. The van der Waals surface area contributed by atoms with E-state index in [4.69, 9.17) is 17.3 Å². The zero-order valence-corrected chi connectivity index (χ0v) is 10.0. The summed E-state index contributed by atoms with van der Waals surface area (Å²) in [6, 6.07) is 0.0650. The van der Waals surface area contributed by atoms with Crippen LogP contribution in [0.2, 0.25) is 0 Å². The van der Waals surface area contributed by atoms with Crippen LogP contribution in [0.3, 0.4) is 0 Å². The van der Waals surface area contributed by atoms with E-state index in [9.17, 15) is 31.1 Å². The maximum Gasteiger partial charge on any atom is 0.573 e. The molecule has 0 spiro atoms. The van der Waals surface area contributed by atoms with Gasteiger partial charge in [0.15, 0.2) is 5.75 Å². The Hall–Kier alpha value is -1.55. The summed E-state index contributed by atoms with van der Waals surface area (Å²) in [6.07, 6.45) is -10.2. The fourth-order valence-corrected chi connectivity index (χ4v) is 1.39. The van der Waals surface area contributed by atoms with Gasteiger partial charge in [0.2, 0.25) is 0 Å². The second-order valence-corrected chi connectivity index (χ2v) is 3.70. The lowest BCUT2D eigenvalue weighted by Crippen LogP contribution is -2.22. The molecule has 1 heterocycles. The van der Waals surface area contributed by atoms with E-state index in [1.807, 2.05) is 0 Å². The van der Waals surface area contributed by atoms with Gasteiger partial charge in [-0.25, -0.2) is 4.98 Å². The van der Waals surface area contributed by atoms with Crippen molar-refractivity contribution in [2.24, 2.45) is 5.73 Å². The molecule has 0 amide bonds. The molecule has 0 aliphatic rings. The molecule has 0 aromatic carbocycles. The first-order valence-electron chi connectivity index (χ1n) is 4.72. The summed E-state index contributed by atoms with van der Waals surface area (Å²) < 4.78 is 77.5. The maximum atomic E-state index is 12.5. The highest BCUT2D eigenvalue weighted by Gasteiger charge is 2.38. The number of carbonyl (C=O) groups excluding carboxylic acids is 1. The molecule has 1 aromatic heterocycles. The topological polar surface area (TPSA) is 65.2 Å². The number of alkyl halides is 6. The summed E-state index contributed by atoms with van der Waals surface area (Å²) in [7, 11) is 0. The Morgan fingerprint density at radius 1 is 1.30 bits per heavy atom. The highest BCUT2D eigenvalue weighted by molar-refractivity contribution is 6.68. The van der Waals surface area contributed by atoms with Crippen LogP contribution in [0.4, 0.5) is 26.3 Å². The van der Waals surface area contributed by atoms with Crippen LogP contribution in [0.1, 0.15) is 21.7 Å². The van der Waals surface area contributed by atoms with Crippen LogP contribution in [0.25, 0.3) is 0 Å². The lowest BCUT2D eigenvalue weighted by molar-refractivity contribution is -0.275. The van der Waals surface area contributed by atoms with Gasteiger partial charge in [0, 0.05) is 6.54 Å². The Labute approximate surface area is 112 Å². The molecule has 0 aliphatic carbocycles. The van der Waals surface area contributed by atoms with Gasteiger partial charge in [0.25, 0.3) is 5.24 Å². The third kappa shape index (κ3) is 3.97. The normalized spacial score (nSPS) is 12.4. The highest BCUT2D eigenvalue weighted by atomic mass is 35.5. The maximum absolute atomic E-state index is 12.5. The van der Waals surface area contributed by atoms with Gasteiger partial charge >= 0.3 is 12.5 Å².